The number of aliphatic hydroxyl groups excluding tert-OH is 1. The van der Waals surface area contributed by atoms with Gasteiger partial charge in [-0.25, -0.2) is 0 Å². The summed E-state index contributed by atoms with van der Waals surface area (Å²) in [6.07, 6.45) is 12.9. The number of rotatable bonds is 7. The number of hydrogen-bond acceptors (Lipinski definition) is 2. The van der Waals surface area contributed by atoms with E-state index in [0.29, 0.717) is 19.3 Å². The van der Waals surface area contributed by atoms with E-state index in [4.69, 9.17) is 11.5 Å². The monoisotopic (exact) mass is 280 g/mol. The fourth-order valence-electron chi connectivity index (χ4n) is 1.23. The molecular weight excluding hydrogens is 264 g/mol. The van der Waals surface area contributed by atoms with Gasteiger partial charge >= 0.3 is 5.97 Å². The Kier molecular flexibility index (Phi) is 11.7. The van der Waals surface area contributed by atoms with Crippen molar-refractivity contribution in [3.63, 3.8) is 0 Å². The van der Waals surface area contributed by atoms with Gasteiger partial charge in [-0.3, -0.25) is 4.79 Å². The molecule has 0 aromatic carbocycles. The molecule has 0 aliphatic carbocycles. The average Bonchev–Trinajstić information content (AvgIpc) is 2.45. The molecule has 0 rings (SSSR count). The van der Waals surface area contributed by atoms with Gasteiger partial charge in [0.2, 0.25) is 0 Å². The zero-order valence-corrected chi connectivity index (χ0v) is 11.6. The lowest BCUT2D eigenvalue weighted by molar-refractivity contribution is -0.137. The van der Waals surface area contributed by atoms with Crippen LogP contribution in [0.2, 0.25) is 0 Å². The van der Waals surface area contributed by atoms with Crippen molar-refractivity contribution in [3.05, 3.63) is 24.3 Å². The van der Waals surface area contributed by atoms with Crippen LogP contribution >= 0.6 is 0 Å². The number of carboxylic acids is 1. The van der Waals surface area contributed by atoms with Gasteiger partial charge in [0.1, 0.15) is 0 Å². The first-order valence-electron chi connectivity index (χ1n) is 6.36. The molecule has 0 spiro atoms. The summed E-state index contributed by atoms with van der Waals surface area (Å²) in [6, 6.07) is 0. The van der Waals surface area contributed by atoms with Crippen LogP contribution in [0.3, 0.4) is 0 Å². The maximum Gasteiger partial charge on any atom is 0.303 e. The van der Waals surface area contributed by atoms with Crippen molar-refractivity contribution in [2.24, 2.45) is 0 Å². The van der Waals surface area contributed by atoms with Gasteiger partial charge in [0.25, 0.3) is 0 Å². The summed E-state index contributed by atoms with van der Waals surface area (Å²) in [6.45, 7) is 0. The lowest BCUT2D eigenvalue weighted by Crippen LogP contribution is -2.02. The van der Waals surface area contributed by atoms with Gasteiger partial charge in [-0.2, -0.15) is 0 Å². The van der Waals surface area contributed by atoms with Crippen LogP contribution in [0.4, 0.5) is 0 Å². The van der Waals surface area contributed by atoms with Gasteiger partial charge in [0.05, 0.1) is 6.10 Å². The molecule has 0 aromatic rings. The van der Waals surface area contributed by atoms with Crippen molar-refractivity contribution in [2.45, 2.75) is 31.8 Å². The van der Waals surface area contributed by atoms with Gasteiger partial charge in [0, 0.05) is 6.42 Å². The molecule has 0 aliphatic heterocycles. The lowest BCUT2D eigenvalue weighted by Gasteiger charge is -2.03. The first-order chi connectivity index (χ1) is 10.2. The molecular formula is C18H16O3. The Bertz CT molecular complexity index is 599. The Morgan fingerprint density at radius 2 is 1.81 bits per heavy atom. The molecule has 2 N–H and O–H groups in total. The highest BCUT2D eigenvalue weighted by Gasteiger charge is 2.00. The van der Waals surface area contributed by atoms with E-state index < -0.39 is 12.1 Å². The molecule has 0 amide bonds. The predicted octanol–water partition coefficient (Wildman–Crippen LogP) is 1.75. The molecule has 0 saturated heterocycles. The van der Waals surface area contributed by atoms with E-state index in [9.17, 15) is 9.90 Å². The summed E-state index contributed by atoms with van der Waals surface area (Å²) in [7, 11) is 0. The highest BCUT2D eigenvalue weighted by Crippen LogP contribution is 2.04. The second-order valence-electron chi connectivity index (χ2n) is 3.86. The van der Waals surface area contributed by atoms with Crippen molar-refractivity contribution in [1.29, 1.82) is 0 Å². The zero-order valence-electron chi connectivity index (χ0n) is 11.6. The average molecular weight is 280 g/mol. The predicted molar refractivity (Wildman–Crippen MR) is 82.6 cm³/mol. The number of carboxylic acid groups (broad SMARTS) is 1. The molecule has 0 bridgehead atoms. The number of hydrogen-bond donors (Lipinski definition) is 2. The first kappa shape index (κ1) is 18.1. The van der Waals surface area contributed by atoms with Gasteiger partial charge in [-0.05, 0) is 60.9 Å². The highest BCUT2D eigenvalue weighted by atomic mass is 16.4. The second-order valence-corrected chi connectivity index (χ2v) is 3.86. The molecule has 1 unspecified atom stereocenters. The van der Waals surface area contributed by atoms with E-state index >= 15 is 0 Å². The van der Waals surface area contributed by atoms with Crippen molar-refractivity contribution >= 4 is 5.97 Å². The van der Waals surface area contributed by atoms with Crippen molar-refractivity contribution < 1.29 is 15.0 Å². The number of allylic oxidation sites excluding steroid dienone is 3. The van der Waals surface area contributed by atoms with Gasteiger partial charge in [-0.1, -0.05) is 24.1 Å². The zero-order chi connectivity index (χ0) is 15.8. The number of aliphatic hydroxyl groups is 1. The fourth-order valence-corrected chi connectivity index (χ4v) is 1.23. The molecule has 21 heavy (non-hydrogen) atoms. The maximum atomic E-state index is 10.3. The third-order valence-electron chi connectivity index (χ3n) is 2.16. The molecule has 0 heterocycles. The van der Waals surface area contributed by atoms with Crippen LogP contribution in [0.1, 0.15) is 25.7 Å². The van der Waals surface area contributed by atoms with Crippen molar-refractivity contribution in [3.8, 4) is 47.9 Å². The maximum absolute atomic E-state index is 10.3. The number of aliphatic carboxylic acids is 1. The number of carbonyl (C=O) groups is 1. The van der Waals surface area contributed by atoms with Crippen LogP contribution in [0, 0.1) is 47.9 Å². The lowest BCUT2D eigenvalue weighted by atomic mass is 10.1. The SMILES string of the molecule is C#CC#CC#CC#C/C=C/C=C/C(O)CCCCC(=O)O. The molecule has 3 nitrogen and oxygen atoms in total. The molecule has 3 heteroatoms. The Hall–Kier alpha value is -2.85. The minimum absolute atomic E-state index is 0.138. The number of unbranched alkanes of at least 4 members (excludes halogenated alkanes) is 1. The van der Waals surface area contributed by atoms with Crippen LogP contribution in [-0.4, -0.2) is 22.3 Å². The molecule has 0 saturated carbocycles. The number of terminal acetylenes is 1. The van der Waals surface area contributed by atoms with E-state index in [1.165, 1.54) is 0 Å². The van der Waals surface area contributed by atoms with Crippen LogP contribution < -0.4 is 0 Å². The molecule has 0 aromatic heterocycles. The van der Waals surface area contributed by atoms with E-state index in [0.717, 1.165) is 0 Å². The largest absolute Gasteiger partial charge is 0.481 e. The fraction of sp³-hybridized carbons (Fsp3) is 0.278. The third kappa shape index (κ3) is 15.1. The van der Waals surface area contributed by atoms with Crippen LogP contribution in [0.15, 0.2) is 24.3 Å². The topological polar surface area (TPSA) is 57.5 Å². The molecule has 0 radical (unpaired) electrons. The van der Waals surface area contributed by atoms with Crippen molar-refractivity contribution in [2.75, 3.05) is 0 Å². The van der Waals surface area contributed by atoms with Crippen LogP contribution in [0.5, 0.6) is 0 Å². The van der Waals surface area contributed by atoms with Gasteiger partial charge < -0.3 is 10.2 Å². The summed E-state index contributed by atoms with van der Waals surface area (Å²) in [5, 5.41) is 18.0. The molecule has 0 aliphatic rings. The van der Waals surface area contributed by atoms with E-state index in [2.05, 4.69) is 41.4 Å². The Balaban J connectivity index is 3.90. The minimum Gasteiger partial charge on any atom is -0.481 e. The van der Waals surface area contributed by atoms with E-state index in [-0.39, 0.29) is 6.42 Å². The quantitative estimate of drug-likeness (QED) is 0.424. The normalized spacial score (nSPS) is 10.5. The molecule has 1 atom stereocenters. The molecule has 0 fully saturated rings. The Morgan fingerprint density at radius 3 is 2.52 bits per heavy atom. The van der Waals surface area contributed by atoms with Crippen LogP contribution in [-0.2, 0) is 4.79 Å². The second kappa shape index (κ2) is 13.6. The Labute approximate surface area is 125 Å². The minimum atomic E-state index is -0.810. The van der Waals surface area contributed by atoms with Gasteiger partial charge in [0.15, 0.2) is 0 Å². The van der Waals surface area contributed by atoms with E-state index in [1.54, 1.807) is 24.3 Å². The smallest absolute Gasteiger partial charge is 0.303 e. The van der Waals surface area contributed by atoms with E-state index in [1.807, 2.05) is 0 Å². The van der Waals surface area contributed by atoms with Gasteiger partial charge in [-0.15, -0.1) is 6.42 Å². The first-order valence-corrected chi connectivity index (χ1v) is 6.36. The summed E-state index contributed by atoms with van der Waals surface area (Å²) >= 11 is 0. The third-order valence-corrected chi connectivity index (χ3v) is 2.16. The summed E-state index contributed by atoms with van der Waals surface area (Å²) in [4.78, 5) is 10.3. The standard InChI is InChI=1S/C18H16O3/c1-2-3-4-5-6-7-8-9-10-11-14-17(19)15-12-13-16-18(20)21/h1,9-11,14,17,19H,12-13,15-16H2,(H,20,21)/b10-9+,14-11+. The Morgan fingerprint density at radius 1 is 1.10 bits per heavy atom. The summed E-state index contributed by atoms with van der Waals surface area (Å²) in [5.41, 5.74) is 0. The van der Waals surface area contributed by atoms with Crippen molar-refractivity contribution in [1.82, 2.24) is 0 Å². The summed E-state index contributed by atoms with van der Waals surface area (Å²) < 4.78 is 0. The molecule has 106 valence electrons. The van der Waals surface area contributed by atoms with Crippen LogP contribution in [0.25, 0.3) is 0 Å². The highest BCUT2D eigenvalue weighted by molar-refractivity contribution is 5.66. The summed E-state index contributed by atoms with van der Waals surface area (Å²) in [5.74, 6) is 16.3.